The first kappa shape index (κ1) is 20.3. The first-order valence-electron chi connectivity index (χ1n) is 7.23. The smallest absolute Gasteiger partial charge is 0.416 e. The minimum Gasteiger partial charge on any atom is -0.493 e. The van der Waals surface area contributed by atoms with Crippen molar-refractivity contribution in [1.82, 2.24) is 0 Å². The van der Waals surface area contributed by atoms with Crippen LogP contribution in [-0.4, -0.2) is 25.4 Å². The first-order chi connectivity index (χ1) is 12.7. The lowest BCUT2D eigenvalue weighted by Gasteiger charge is -2.10. The van der Waals surface area contributed by atoms with Crippen LogP contribution in [-0.2, 0) is 6.18 Å². The highest BCUT2D eigenvalue weighted by Gasteiger charge is 2.33. The van der Waals surface area contributed by atoms with Crippen LogP contribution in [0.15, 0.2) is 35.4 Å². The summed E-state index contributed by atoms with van der Waals surface area (Å²) < 4.78 is 48.3. The number of hydrogen-bond donors (Lipinski definition) is 1. The highest BCUT2D eigenvalue weighted by Crippen LogP contribution is 2.36. The van der Waals surface area contributed by atoms with Gasteiger partial charge in [-0.15, -0.1) is 0 Å². The molecule has 0 unspecified atom stereocenters. The minimum atomic E-state index is -4.69. The quantitative estimate of drug-likeness (QED) is 0.428. The number of alkyl halides is 3. The molecular weight excluding hydrogens is 391 g/mol. The van der Waals surface area contributed by atoms with Gasteiger partial charge in [-0.25, -0.2) is 0 Å². The second-order valence-corrected chi connectivity index (χ2v) is 5.50. The molecule has 144 valence electrons. The van der Waals surface area contributed by atoms with E-state index in [2.05, 4.69) is 10.5 Å². The van der Waals surface area contributed by atoms with Gasteiger partial charge >= 0.3 is 6.18 Å². The molecule has 0 heterocycles. The van der Waals surface area contributed by atoms with Crippen LogP contribution in [0.25, 0.3) is 0 Å². The molecule has 2 aromatic rings. The van der Waals surface area contributed by atoms with Gasteiger partial charge in [0.2, 0.25) is 0 Å². The zero-order valence-corrected chi connectivity index (χ0v) is 14.8. The first-order valence-corrected chi connectivity index (χ1v) is 7.61. The molecule has 2 aromatic carbocycles. The second-order valence-electron chi connectivity index (χ2n) is 5.10. The molecule has 0 bridgehead atoms. The molecule has 27 heavy (non-hydrogen) atoms. The van der Waals surface area contributed by atoms with Crippen LogP contribution in [0.2, 0.25) is 5.02 Å². The summed E-state index contributed by atoms with van der Waals surface area (Å²) in [6.07, 6.45) is -3.42. The maximum absolute atomic E-state index is 12.7. The molecular formula is C16H13ClF3N3O4. The van der Waals surface area contributed by atoms with Crippen molar-refractivity contribution in [3.05, 3.63) is 56.6 Å². The Morgan fingerprint density at radius 3 is 2.48 bits per heavy atom. The maximum atomic E-state index is 12.7. The van der Waals surface area contributed by atoms with Gasteiger partial charge in [0, 0.05) is 6.07 Å². The highest BCUT2D eigenvalue weighted by molar-refractivity contribution is 6.32. The Bertz CT molecular complexity index is 888. The summed E-state index contributed by atoms with van der Waals surface area (Å²) in [5.41, 5.74) is 0.740. The van der Waals surface area contributed by atoms with E-state index in [1.165, 1.54) is 26.5 Å². The Kier molecular flexibility index (Phi) is 6.11. The van der Waals surface area contributed by atoms with Gasteiger partial charge in [-0.2, -0.15) is 18.3 Å². The SMILES string of the molecule is COc1cc(/C=N\Nc2ccc(C(F)(F)F)cc2[N+](=O)[O-])cc(Cl)c1OC. The van der Waals surface area contributed by atoms with Crippen molar-refractivity contribution in [2.24, 2.45) is 5.10 Å². The molecule has 0 aliphatic rings. The Morgan fingerprint density at radius 1 is 1.22 bits per heavy atom. The maximum Gasteiger partial charge on any atom is 0.416 e. The number of halogens is 4. The number of methoxy groups -OCH3 is 2. The fraction of sp³-hybridized carbons (Fsp3) is 0.188. The monoisotopic (exact) mass is 403 g/mol. The zero-order chi connectivity index (χ0) is 20.2. The van der Waals surface area contributed by atoms with Gasteiger partial charge in [0.15, 0.2) is 11.5 Å². The molecule has 11 heteroatoms. The summed E-state index contributed by atoms with van der Waals surface area (Å²) in [6.45, 7) is 0. The van der Waals surface area contributed by atoms with Crippen LogP contribution >= 0.6 is 11.6 Å². The van der Waals surface area contributed by atoms with E-state index < -0.39 is 22.4 Å². The predicted octanol–water partition coefficient (Wildman–Crippen LogP) is 4.73. The minimum absolute atomic E-state index is 0.198. The number of hydrogen-bond acceptors (Lipinski definition) is 6. The van der Waals surface area contributed by atoms with Crippen molar-refractivity contribution in [2.45, 2.75) is 6.18 Å². The van der Waals surface area contributed by atoms with Crippen LogP contribution in [0, 0.1) is 10.1 Å². The molecule has 0 saturated heterocycles. The molecule has 0 spiro atoms. The van der Waals surface area contributed by atoms with Gasteiger partial charge in [-0.1, -0.05) is 11.6 Å². The van der Waals surface area contributed by atoms with Crippen molar-refractivity contribution in [3.8, 4) is 11.5 Å². The molecule has 0 fully saturated rings. The molecule has 0 saturated carbocycles. The van der Waals surface area contributed by atoms with Crippen LogP contribution < -0.4 is 14.9 Å². The number of nitro groups is 1. The Balaban J connectivity index is 2.28. The average Bonchev–Trinajstić information content (AvgIpc) is 2.60. The zero-order valence-electron chi connectivity index (χ0n) is 14.0. The standard InChI is InChI=1S/C16H13ClF3N3O4/c1-26-14-6-9(5-11(17)15(14)27-2)8-21-22-12-4-3-10(16(18,19)20)7-13(12)23(24)25/h3-8,22H,1-2H3/b21-8-. The molecule has 0 atom stereocenters. The predicted molar refractivity (Wildman–Crippen MR) is 93.9 cm³/mol. The third kappa shape index (κ3) is 4.79. The van der Waals surface area contributed by atoms with E-state index in [0.717, 1.165) is 12.1 Å². The van der Waals surface area contributed by atoms with E-state index in [1.54, 1.807) is 6.07 Å². The summed E-state index contributed by atoms with van der Waals surface area (Å²) in [7, 11) is 2.84. The van der Waals surface area contributed by atoms with E-state index in [9.17, 15) is 23.3 Å². The van der Waals surface area contributed by atoms with E-state index >= 15 is 0 Å². The fourth-order valence-electron chi connectivity index (χ4n) is 2.14. The van der Waals surface area contributed by atoms with Crippen molar-refractivity contribution in [2.75, 3.05) is 19.6 Å². The van der Waals surface area contributed by atoms with Crippen molar-refractivity contribution in [3.63, 3.8) is 0 Å². The molecule has 0 aromatic heterocycles. The summed E-state index contributed by atoms with van der Waals surface area (Å²) in [5, 5.41) is 15.1. The average molecular weight is 404 g/mol. The Labute approximate surface area is 156 Å². The largest absolute Gasteiger partial charge is 0.493 e. The van der Waals surface area contributed by atoms with Crippen LogP contribution in [0.5, 0.6) is 11.5 Å². The summed E-state index contributed by atoms with van der Waals surface area (Å²) in [6, 6.07) is 5.15. The lowest BCUT2D eigenvalue weighted by Crippen LogP contribution is -2.06. The van der Waals surface area contributed by atoms with Gasteiger partial charge in [0.05, 0.1) is 35.9 Å². The summed E-state index contributed by atoms with van der Waals surface area (Å²) in [5.74, 6) is 0.662. The second kappa shape index (κ2) is 8.12. The van der Waals surface area contributed by atoms with E-state index in [1.807, 2.05) is 0 Å². The number of hydrazone groups is 1. The number of benzene rings is 2. The van der Waals surface area contributed by atoms with Crippen molar-refractivity contribution in [1.29, 1.82) is 0 Å². The number of ether oxygens (including phenoxy) is 2. The Morgan fingerprint density at radius 2 is 1.93 bits per heavy atom. The molecule has 0 aliphatic heterocycles. The molecule has 0 radical (unpaired) electrons. The topological polar surface area (TPSA) is 86.0 Å². The number of nitro benzene ring substituents is 1. The lowest BCUT2D eigenvalue weighted by molar-refractivity contribution is -0.384. The fourth-order valence-corrected chi connectivity index (χ4v) is 2.44. The summed E-state index contributed by atoms with van der Waals surface area (Å²) in [4.78, 5) is 10.1. The van der Waals surface area contributed by atoms with Crippen molar-refractivity contribution >= 4 is 29.2 Å². The van der Waals surface area contributed by atoms with Gasteiger partial charge in [0.1, 0.15) is 5.69 Å². The number of rotatable bonds is 6. The summed E-state index contributed by atoms with van der Waals surface area (Å²) >= 11 is 6.05. The number of nitrogens with zero attached hydrogens (tertiary/aromatic N) is 2. The van der Waals surface area contributed by atoms with Gasteiger partial charge in [-0.05, 0) is 29.8 Å². The van der Waals surface area contributed by atoms with E-state index in [0.29, 0.717) is 23.1 Å². The van der Waals surface area contributed by atoms with Gasteiger partial charge < -0.3 is 9.47 Å². The molecule has 0 aliphatic carbocycles. The van der Waals surface area contributed by atoms with Crippen LogP contribution in [0.3, 0.4) is 0 Å². The molecule has 0 amide bonds. The van der Waals surface area contributed by atoms with Crippen LogP contribution in [0.1, 0.15) is 11.1 Å². The van der Waals surface area contributed by atoms with Crippen LogP contribution in [0.4, 0.5) is 24.5 Å². The van der Waals surface area contributed by atoms with Gasteiger partial charge in [0.25, 0.3) is 5.69 Å². The molecule has 7 nitrogen and oxygen atoms in total. The Hall–Kier alpha value is -3.01. The van der Waals surface area contributed by atoms with Gasteiger partial charge in [-0.3, -0.25) is 15.5 Å². The number of nitrogens with one attached hydrogen (secondary N) is 1. The highest BCUT2D eigenvalue weighted by atomic mass is 35.5. The third-order valence-corrected chi connectivity index (χ3v) is 3.66. The number of anilines is 1. The van der Waals surface area contributed by atoms with E-state index in [4.69, 9.17) is 21.1 Å². The van der Waals surface area contributed by atoms with E-state index in [-0.39, 0.29) is 10.7 Å². The molecule has 1 N–H and O–H groups in total. The normalized spacial score (nSPS) is 11.5. The molecule has 2 rings (SSSR count). The lowest BCUT2D eigenvalue weighted by atomic mass is 10.1. The third-order valence-electron chi connectivity index (χ3n) is 3.38. The van der Waals surface area contributed by atoms with Crippen molar-refractivity contribution < 1.29 is 27.6 Å².